The summed E-state index contributed by atoms with van der Waals surface area (Å²) in [4.78, 5) is 0. The minimum atomic E-state index is 0.230. The quantitative estimate of drug-likeness (QED) is 0.726. The number of hydrogen-bond acceptors (Lipinski definition) is 2. The average molecular weight is 291 g/mol. The van der Waals surface area contributed by atoms with Crippen LogP contribution in [0, 0.1) is 5.41 Å². The lowest BCUT2D eigenvalue weighted by atomic mass is 9.80. The van der Waals surface area contributed by atoms with Gasteiger partial charge in [0.05, 0.1) is 6.61 Å². The van der Waals surface area contributed by atoms with Crippen LogP contribution < -0.4 is 5.32 Å². The zero-order valence-corrected chi connectivity index (χ0v) is 14.8. The van der Waals surface area contributed by atoms with Crippen molar-refractivity contribution in [1.82, 2.24) is 5.32 Å². The van der Waals surface area contributed by atoms with Gasteiger partial charge in [-0.25, -0.2) is 0 Å². The van der Waals surface area contributed by atoms with Crippen molar-refractivity contribution in [3.05, 3.63) is 35.4 Å². The molecule has 0 fully saturated rings. The van der Waals surface area contributed by atoms with Crippen LogP contribution in [0.15, 0.2) is 24.3 Å². The van der Waals surface area contributed by atoms with Gasteiger partial charge in [-0.05, 0) is 34.8 Å². The SMILES string of the molecule is CCC(C)(CNCCOC)Cc1ccc(C(C)(C)C)cc1. The minimum Gasteiger partial charge on any atom is -0.383 e. The van der Waals surface area contributed by atoms with Crippen molar-refractivity contribution in [2.75, 3.05) is 26.8 Å². The number of rotatable bonds is 8. The molecule has 2 nitrogen and oxygen atoms in total. The van der Waals surface area contributed by atoms with Gasteiger partial charge in [-0.2, -0.15) is 0 Å². The lowest BCUT2D eigenvalue weighted by Gasteiger charge is -2.29. The average Bonchev–Trinajstić information content (AvgIpc) is 2.43. The van der Waals surface area contributed by atoms with Crippen LogP contribution >= 0.6 is 0 Å². The molecule has 0 aliphatic carbocycles. The Morgan fingerprint density at radius 3 is 2.14 bits per heavy atom. The third-order valence-electron chi connectivity index (χ3n) is 4.34. The van der Waals surface area contributed by atoms with Crippen LogP contribution in [0.25, 0.3) is 0 Å². The minimum absolute atomic E-state index is 0.230. The molecule has 120 valence electrons. The van der Waals surface area contributed by atoms with Gasteiger partial charge in [0.2, 0.25) is 0 Å². The normalized spacial score (nSPS) is 15.0. The zero-order valence-electron chi connectivity index (χ0n) is 14.8. The van der Waals surface area contributed by atoms with E-state index in [0.29, 0.717) is 5.41 Å². The van der Waals surface area contributed by atoms with E-state index in [4.69, 9.17) is 4.74 Å². The van der Waals surface area contributed by atoms with E-state index >= 15 is 0 Å². The summed E-state index contributed by atoms with van der Waals surface area (Å²) in [5.41, 5.74) is 3.37. The van der Waals surface area contributed by atoms with Crippen LogP contribution in [0.3, 0.4) is 0 Å². The third-order valence-corrected chi connectivity index (χ3v) is 4.34. The molecule has 1 aromatic carbocycles. The molecule has 0 spiro atoms. The second kappa shape index (κ2) is 7.95. The summed E-state index contributed by atoms with van der Waals surface area (Å²) in [5, 5.41) is 3.51. The summed E-state index contributed by atoms with van der Waals surface area (Å²) in [7, 11) is 1.75. The Bertz CT molecular complexity index is 405. The molecule has 0 aliphatic heterocycles. The lowest BCUT2D eigenvalue weighted by Crippen LogP contribution is -2.34. The highest BCUT2D eigenvalue weighted by Crippen LogP contribution is 2.28. The summed E-state index contributed by atoms with van der Waals surface area (Å²) < 4.78 is 5.09. The van der Waals surface area contributed by atoms with E-state index in [1.807, 2.05) is 0 Å². The van der Waals surface area contributed by atoms with Gasteiger partial charge in [0.1, 0.15) is 0 Å². The van der Waals surface area contributed by atoms with E-state index in [0.717, 1.165) is 26.1 Å². The number of ether oxygens (including phenoxy) is 1. The largest absolute Gasteiger partial charge is 0.383 e. The van der Waals surface area contributed by atoms with Crippen molar-refractivity contribution in [3.63, 3.8) is 0 Å². The Morgan fingerprint density at radius 2 is 1.67 bits per heavy atom. The third kappa shape index (κ3) is 6.19. The molecule has 2 heteroatoms. The Labute approximate surface area is 131 Å². The lowest BCUT2D eigenvalue weighted by molar-refractivity contribution is 0.191. The van der Waals surface area contributed by atoms with Crippen molar-refractivity contribution in [2.45, 2.75) is 52.9 Å². The highest BCUT2D eigenvalue weighted by Gasteiger charge is 2.22. The molecule has 0 amide bonds. The van der Waals surface area contributed by atoms with Gasteiger partial charge in [0, 0.05) is 20.2 Å². The Morgan fingerprint density at radius 1 is 1.05 bits per heavy atom. The first kappa shape index (κ1) is 18.2. The van der Waals surface area contributed by atoms with Crippen molar-refractivity contribution >= 4 is 0 Å². The molecule has 0 heterocycles. The summed E-state index contributed by atoms with van der Waals surface area (Å²) in [6.45, 7) is 14.2. The second-order valence-electron chi connectivity index (χ2n) is 7.46. The first-order valence-electron chi connectivity index (χ1n) is 8.10. The Hall–Kier alpha value is -0.860. The summed E-state index contributed by atoms with van der Waals surface area (Å²) in [5.74, 6) is 0. The van der Waals surface area contributed by atoms with Crippen molar-refractivity contribution < 1.29 is 4.74 Å². The monoisotopic (exact) mass is 291 g/mol. The van der Waals surface area contributed by atoms with E-state index in [1.165, 1.54) is 17.5 Å². The summed E-state index contributed by atoms with van der Waals surface area (Å²) in [6, 6.07) is 9.15. The zero-order chi connectivity index (χ0) is 15.9. The number of methoxy groups -OCH3 is 1. The number of nitrogens with one attached hydrogen (secondary N) is 1. The molecule has 1 unspecified atom stereocenters. The predicted molar refractivity (Wildman–Crippen MR) is 92.0 cm³/mol. The maximum absolute atomic E-state index is 5.09. The van der Waals surface area contributed by atoms with Gasteiger partial charge in [0.25, 0.3) is 0 Å². The molecule has 1 N–H and O–H groups in total. The molecule has 0 saturated carbocycles. The molecular weight excluding hydrogens is 258 g/mol. The molecule has 0 aliphatic rings. The first-order chi connectivity index (χ1) is 9.80. The molecule has 0 bridgehead atoms. The van der Waals surface area contributed by atoms with Gasteiger partial charge in [-0.1, -0.05) is 58.9 Å². The summed E-state index contributed by atoms with van der Waals surface area (Å²) >= 11 is 0. The van der Waals surface area contributed by atoms with Crippen LogP contribution in [-0.4, -0.2) is 26.8 Å². The topological polar surface area (TPSA) is 21.3 Å². The highest BCUT2D eigenvalue weighted by atomic mass is 16.5. The van der Waals surface area contributed by atoms with E-state index in [-0.39, 0.29) is 5.41 Å². The molecule has 1 rings (SSSR count). The van der Waals surface area contributed by atoms with Gasteiger partial charge in [-0.3, -0.25) is 0 Å². The van der Waals surface area contributed by atoms with Gasteiger partial charge in [-0.15, -0.1) is 0 Å². The molecular formula is C19H33NO. The van der Waals surface area contributed by atoms with Crippen molar-refractivity contribution in [2.24, 2.45) is 5.41 Å². The van der Waals surface area contributed by atoms with E-state index in [2.05, 4.69) is 64.2 Å². The Balaban J connectivity index is 2.63. The fourth-order valence-corrected chi connectivity index (χ4v) is 2.49. The van der Waals surface area contributed by atoms with Crippen LogP contribution in [0.4, 0.5) is 0 Å². The smallest absolute Gasteiger partial charge is 0.0587 e. The molecule has 0 aromatic heterocycles. The number of hydrogen-bond donors (Lipinski definition) is 1. The second-order valence-corrected chi connectivity index (χ2v) is 7.46. The molecule has 1 atom stereocenters. The first-order valence-corrected chi connectivity index (χ1v) is 8.10. The van der Waals surface area contributed by atoms with Crippen LogP contribution in [0.1, 0.15) is 52.2 Å². The van der Waals surface area contributed by atoms with Crippen LogP contribution in [0.2, 0.25) is 0 Å². The fraction of sp³-hybridized carbons (Fsp3) is 0.684. The van der Waals surface area contributed by atoms with Crippen molar-refractivity contribution in [3.8, 4) is 0 Å². The summed E-state index contributed by atoms with van der Waals surface area (Å²) in [6.07, 6.45) is 2.29. The maximum atomic E-state index is 5.09. The van der Waals surface area contributed by atoms with E-state index in [1.54, 1.807) is 7.11 Å². The predicted octanol–water partition coefficient (Wildman–Crippen LogP) is 4.18. The van der Waals surface area contributed by atoms with Gasteiger partial charge in [0.15, 0.2) is 0 Å². The highest BCUT2D eigenvalue weighted by molar-refractivity contribution is 5.28. The molecule has 1 aromatic rings. The van der Waals surface area contributed by atoms with E-state index < -0.39 is 0 Å². The standard InChI is InChI=1S/C19H33NO/c1-7-19(5,15-20-12-13-21-6)14-16-8-10-17(11-9-16)18(2,3)4/h8-11,20H,7,12-15H2,1-6H3. The number of benzene rings is 1. The van der Waals surface area contributed by atoms with Gasteiger partial charge < -0.3 is 10.1 Å². The molecule has 21 heavy (non-hydrogen) atoms. The van der Waals surface area contributed by atoms with Crippen molar-refractivity contribution in [1.29, 1.82) is 0 Å². The molecule has 0 radical (unpaired) electrons. The van der Waals surface area contributed by atoms with Gasteiger partial charge >= 0.3 is 0 Å². The van der Waals surface area contributed by atoms with Crippen LogP contribution in [0.5, 0.6) is 0 Å². The fourth-order valence-electron chi connectivity index (χ4n) is 2.49. The Kier molecular flexibility index (Phi) is 6.89. The van der Waals surface area contributed by atoms with E-state index in [9.17, 15) is 0 Å². The van der Waals surface area contributed by atoms with Crippen LogP contribution in [-0.2, 0) is 16.6 Å². The molecule has 0 saturated heterocycles. The maximum Gasteiger partial charge on any atom is 0.0587 e.